The third kappa shape index (κ3) is 4.22. The Hall–Kier alpha value is -6.42. The van der Waals surface area contributed by atoms with Gasteiger partial charge in [0.1, 0.15) is 0 Å². The maximum Gasteiger partial charge on any atom is 0.0726 e. The van der Waals surface area contributed by atoms with Gasteiger partial charge in [-0.3, -0.25) is 0 Å². The fourth-order valence-electron chi connectivity index (χ4n) is 8.25. The summed E-state index contributed by atoms with van der Waals surface area (Å²) in [5.41, 5.74) is 12.2. The van der Waals surface area contributed by atoms with Gasteiger partial charge in [0.2, 0.25) is 0 Å². The van der Waals surface area contributed by atoms with Crippen molar-refractivity contribution in [3.63, 3.8) is 0 Å². The van der Waals surface area contributed by atoms with Gasteiger partial charge in [-0.15, -0.1) is 11.3 Å². The van der Waals surface area contributed by atoms with Crippen molar-refractivity contribution in [3.05, 3.63) is 182 Å². The monoisotopic (exact) mass is 666 g/mol. The normalized spacial score (nSPS) is 11.9. The highest BCUT2D eigenvalue weighted by Crippen LogP contribution is 2.48. The number of thiophene rings is 1. The number of para-hydroxylation sites is 3. The Labute approximate surface area is 298 Å². The Kier molecular flexibility index (Phi) is 6.16. The lowest BCUT2D eigenvalue weighted by molar-refractivity contribution is 1.18. The van der Waals surface area contributed by atoms with Gasteiger partial charge in [-0.25, -0.2) is 0 Å². The van der Waals surface area contributed by atoms with Crippen molar-refractivity contribution in [2.45, 2.75) is 0 Å². The molecule has 0 atom stereocenters. The van der Waals surface area contributed by atoms with E-state index in [2.05, 4.69) is 191 Å². The highest BCUT2D eigenvalue weighted by molar-refractivity contribution is 7.26. The van der Waals surface area contributed by atoms with Gasteiger partial charge in [-0.2, -0.15) is 0 Å². The van der Waals surface area contributed by atoms with Gasteiger partial charge in [0.05, 0.1) is 26.8 Å². The predicted octanol–water partition coefficient (Wildman–Crippen LogP) is 13.6. The molecule has 0 amide bonds. The first-order chi connectivity index (χ1) is 25.3. The highest BCUT2D eigenvalue weighted by atomic mass is 32.1. The van der Waals surface area contributed by atoms with E-state index >= 15 is 0 Å². The van der Waals surface area contributed by atoms with Crippen LogP contribution >= 0.6 is 11.3 Å². The molecule has 0 N–H and O–H groups in total. The molecule has 0 aliphatic rings. The molecule has 0 radical (unpaired) electrons. The van der Waals surface area contributed by atoms with Crippen LogP contribution in [-0.4, -0.2) is 9.13 Å². The van der Waals surface area contributed by atoms with E-state index in [4.69, 9.17) is 0 Å². The number of nitrogens with zero attached hydrogens (tertiary/aromatic N) is 2. The predicted molar refractivity (Wildman–Crippen MR) is 219 cm³/mol. The Balaban J connectivity index is 1.24. The number of aromatic nitrogens is 2. The quantitative estimate of drug-likeness (QED) is 0.177. The first-order valence-electron chi connectivity index (χ1n) is 17.4. The van der Waals surface area contributed by atoms with Crippen molar-refractivity contribution >= 4 is 75.1 Å². The molecule has 51 heavy (non-hydrogen) atoms. The summed E-state index contributed by atoms with van der Waals surface area (Å²) >= 11 is 1.90. The zero-order valence-corrected chi connectivity index (χ0v) is 28.4. The number of hydrogen-bond donors (Lipinski definition) is 0. The highest BCUT2D eigenvalue weighted by Gasteiger charge is 2.22. The van der Waals surface area contributed by atoms with Gasteiger partial charge in [-0.1, -0.05) is 121 Å². The Morgan fingerprint density at radius 3 is 1.71 bits per heavy atom. The van der Waals surface area contributed by atoms with Crippen LogP contribution < -0.4 is 0 Å². The topological polar surface area (TPSA) is 9.86 Å². The molecule has 2 nitrogen and oxygen atoms in total. The molecule has 3 heteroatoms. The summed E-state index contributed by atoms with van der Waals surface area (Å²) in [6.07, 6.45) is 0. The van der Waals surface area contributed by atoms with E-state index in [1.54, 1.807) is 0 Å². The van der Waals surface area contributed by atoms with Crippen LogP contribution in [0, 0.1) is 0 Å². The van der Waals surface area contributed by atoms with Gasteiger partial charge in [0.15, 0.2) is 0 Å². The summed E-state index contributed by atoms with van der Waals surface area (Å²) in [5, 5.41) is 7.69. The fraction of sp³-hybridized carbons (Fsp3) is 0. The first-order valence-corrected chi connectivity index (χ1v) is 18.3. The lowest BCUT2D eigenvalue weighted by Gasteiger charge is -2.12. The minimum Gasteiger partial charge on any atom is -0.309 e. The van der Waals surface area contributed by atoms with Gasteiger partial charge >= 0.3 is 0 Å². The Bertz CT molecular complexity index is 3110. The van der Waals surface area contributed by atoms with Gasteiger partial charge in [0.25, 0.3) is 0 Å². The molecule has 0 bridgehead atoms. The lowest BCUT2D eigenvalue weighted by Crippen LogP contribution is -1.94. The molecule has 3 aromatic heterocycles. The maximum absolute atomic E-state index is 2.50. The summed E-state index contributed by atoms with van der Waals surface area (Å²) in [5.74, 6) is 0. The van der Waals surface area contributed by atoms with Gasteiger partial charge in [0, 0.05) is 48.4 Å². The van der Waals surface area contributed by atoms with Crippen molar-refractivity contribution in [3.8, 4) is 33.6 Å². The molecule has 238 valence electrons. The van der Waals surface area contributed by atoms with Crippen molar-refractivity contribution < 1.29 is 0 Å². The first kappa shape index (κ1) is 28.4. The minimum absolute atomic E-state index is 1.16. The van der Waals surface area contributed by atoms with Crippen molar-refractivity contribution in [2.75, 3.05) is 0 Å². The molecule has 0 unspecified atom stereocenters. The van der Waals surface area contributed by atoms with Crippen molar-refractivity contribution in [2.24, 2.45) is 0 Å². The molecular formula is C48H30N2S. The Morgan fingerprint density at radius 2 is 0.922 bits per heavy atom. The summed E-state index contributed by atoms with van der Waals surface area (Å²) in [6, 6.07) is 66.5. The number of fused-ring (bicyclic) bond motifs is 10. The third-order valence-corrected chi connectivity index (χ3v) is 11.7. The van der Waals surface area contributed by atoms with E-state index < -0.39 is 0 Å². The van der Waals surface area contributed by atoms with Crippen LogP contribution in [0.5, 0.6) is 0 Å². The summed E-state index contributed by atoms with van der Waals surface area (Å²) < 4.78 is 7.52. The fourth-order valence-corrected chi connectivity index (χ4v) is 9.48. The lowest BCUT2D eigenvalue weighted by atomic mass is 9.95. The standard InChI is InChI=1S/C48H30N2S/c1-3-13-31(14-4-1)32-23-26-35(27-24-32)50-43-21-11-8-19-38(43)46-39(30-41-37-18-9-12-22-45(37)51-48(41)47(46)50)33-25-28-44-40(29-33)36-17-7-10-20-42(36)49(44)34-15-5-2-6-16-34/h1-30H. The summed E-state index contributed by atoms with van der Waals surface area (Å²) in [4.78, 5) is 0. The van der Waals surface area contributed by atoms with E-state index in [9.17, 15) is 0 Å². The Morgan fingerprint density at radius 1 is 0.353 bits per heavy atom. The second kappa shape index (κ2) is 11.0. The van der Waals surface area contributed by atoms with Gasteiger partial charge < -0.3 is 9.13 Å². The average Bonchev–Trinajstić information content (AvgIpc) is 3.86. The zero-order valence-electron chi connectivity index (χ0n) is 27.6. The average molecular weight is 667 g/mol. The maximum atomic E-state index is 2.50. The molecule has 0 spiro atoms. The second-order valence-corrected chi connectivity index (χ2v) is 14.4. The minimum atomic E-state index is 1.16. The van der Waals surface area contributed by atoms with Crippen LogP contribution in [0.1, 0.15) is 0 Å². The van der Waals surface area contributed by atoms with Crippen LogP contribution in [0.15, 0.2) is 182 Å². The van der Waals surface area contributed by atoms with E-state index in [0.717, 1.165) is 5.69 Å². The number of rotatable bonds is 4. The molecule has 11 rings (SSSR count). The molecule has 0 saturated carbocycles. The van der Waals surface area contributed by atoms with Crippen molar-refractivity contribution in [1.29, 1.82) is 0 Å². The molecule has 8 aromatic carbocycles. The smallest absolute Gasteiger partial charge is 0.0726 e. The summed E-state index contributed by atoms with van der Waals surface area (Å²) in [7, 11) is 0. The third-order valence-electron chi connectivity index (χ3n) is 10.5. The second-order valence-electron chi connectivity index (χ2n) is 13.3. The largest absolute Gasteiger partial charge is 0.309 e. The van der Waals surface area contributed by atoms with Crippen LogP contribution in [-0.2, 0) is 0 Å². The van der Waals surface area contributed by atoms with Crippen LogP contribution in [0.3, 0.4) is 0 Å². The number of hydrogen-bond acceptors (Lipinski definition) is 1. The van der Waals surface area contributed by atoms with Crippen molar-refractivity contribution in [1.82, 2.24) is 9.13 Å². The van der Waals surface area contributed by atoms with Crippen LogP contribution in [0.25, 0.3) is 97.4 Å². The van der Waals surface area contributed by atoms with E-state index in [0.29, 0.717) is 0 Å². The van der Waals surface area contributed by atoms with E-state index in [-0.39, 0.29) is 0 Å². The number of benzene rings is 8. The van der Waals surface area contributed by atoms with E-state index in [1.165, 1.54) is 91.7 Å². The molecular weight excluding hydrogens is 637 g/mol. The zero-order chi connectivity index (χ0) is 33.5. The van der Waals surface area contributed by atoms with Crippen LogP contribution in [0.2, 0.25) is 0 Å². The molecule has 3 heterocycles. The SMILES string of the molecule is c1ccc(-c2ccc(-n3c4ccccc4c4c(-c5ccc6c(c5)c5ccccc5n6-c5ccccc5)cc5c6ccccc6sc5c43)cc2)cc1. The van der Waals surface area contributed by atoms with Gasteiger partial charge in [-0.05, 0) is 82.9 Å². The molecule has 0 aliphatic heterocycles. The molecule has 0 saturated heterocycles. The van der Waals surface area contributed by atoms with E-state index in [1.807, 2.05) is 11.3 Å². The molecule has 0 fully saturated rings. The summed E-state index contributed by atoms with van der Waals surface area (Å²) in [6.45, 7) is 0. The molecule has 11 aromatic rings. The molecule has 0 aliphatic carbocycles. The van der Waals surface area contributed by atoms with Crippen LogP contribution in [0.4, 0.5) is 0 Å².